The van der Waals surface area contributed by atoms with Crippen LogP contribution in [0.3, 0.4) is 0 Å². The SMILES string of the molecule is CN1C(=O)Cc2ccc(CN3CCC(CC4CC4)(C(=O)NCc4cncc(C(F)(F)F)c4)C3)cc21. The summed E-state index contributed by atoms with van der Waals surface area (Å²) in [4.78, 5) is 33.0. The smallest absolute Gasteiger partial charge is 0.351 e. The number of nitrogens with zero attached hydrogens (tertiary/aromatic N) is 3. The van der Waals surface area contributed by atoms with E-state index in [4.69, 9.17) is 0 Å². The molecule has 1 aromatic carbocycles. The summed E-state index contributed by atoms with van der Waals surface area (Å²) in [7, 11) is 1.79. The van der Waals surface area contributed by atoms with Crippen molar-refractivity contribution in [3.63, 3.8) is 0 Å². The lowest BCUT2D eigenvalue weighted by Crippen LogP contribution is -2.43. The number of likely N-dealkylation sites (tertiary alicyclic amines) is 1. The van der Waals surface area contributed by atoms with Crippen LogP contribution in [0.5, 0.6) is 0 Å². The molecule has 0 bridgehead atoms. The van der Waals surface area contributed by atoms with Crippen molar-refractivity contribution in [1.82, 2.24) is 15.2 Å². The summed E-state index contributed by atoms with van der Waals surface area (Å²) in [6.45, 7) is 2.10. The molecule has 2 fully saturated rings. The van der Waals surface area contributed by atoms with E-state index >= 15 is 0 Å². The molecule has 0 spiro atoms. The van der Waals surface area contributed by atoms with Gasteiger partial charge in [-0.1, -0.05) is 25.0 Å². The van der Waals surface area contributed by atoms with Gasteiger partial charge in [0.25, 0.3) is 0 Å². The average molecular weight is 487 g/mol. The summed E-state index contributed by atoms with van der Waals surface area (Å²) in [5, 5.41) is 2.91. The zero-order valence-corrected chi connectivity index (χ0v) is 19.7. The van der Waals surface area contributed by atoms with Crippen molar-refractivity contribution in [3.05, 3.63) is 58.9 Å². The largest absolute Gasteiger partial charge is 0.417 e. The van der Waals surface area contributed by atoms with E-state index in [0.717, 1.165) is 61.3 Å². The van der Waals surface area contributed by atoms with Crippen LogP contribution in [0.15, 0.2) is 36.7 Å². The summed E-state index contributed by atoms with van der Waals surface area (Å²) in [6.07, 6.45) is 1.89. The summed E-state index contributed by atoms with van der Waals surface area (Å²) in [5.74, 6) is 0.536. The number of benzene rings is 1. The molecule has 35 heavy (non-hydrogen) atoms. The van der Waals surface area contributed by atoms with Crippen LogP contribution in [0.4, 0.5) is 18.9 Å². The van der Waals surface area contributed by atoms with E-state index in [1.807, 2.05) is 12.1 Å². The summed E-state index contributed by atoms with van der Waals surface area (Å²) in [6, 6.07) is 7.15. The Morgan fingerprint density at radius 1 is 1.20 bits per heavy atom. The second-order valence-corrected chi connectivity index (χ2v) is 10.2. The second kappa shape index (κ2) is 8.93. The fourth-order valence-electron chi connectivity index (χ4n) is 5.37. The fraction of sp³-hybridized carbons (Fsp3) is 0.500. The molecule has 186 valence electrons. The van der Waals surface area contributed by atoms with Gasteiger partial charge in [0.2, 0.25) is 11.8 Å². The lowest BCUT2D eigenvalue weighted by molar-refractivity contribution is -0.137. The van der Waals surface area contributed by atoms with Crippen molar-refractivity contribution in [2.24, 2.45) is 11.3 Å². The van der Waals surface area contributed by atoms with E-state index < -0.39 is 17.2 Å². The topological polar surface area (TPSA) is 65.5 Å². The number of carbonyl (C=O) groups excluding carboxylic acids is 2. The van der Waals surface area contributed by atoms with Gasteiger partial charge in [-0.25, -0.2) is 0 Å². The van der Waals surface area contributed by atoms with Crippen LogP contribution in [0.25, 0.3) is 0 Å². The number of halogens is 3. The van der Waals surface area contributed by atoms with Gasteiger partial charge in [-0.05, 0) is 54.1 Å². The van der Waals surface area contributed by atoms with Crippen molar-refractivity contribution in [1.29, 1.82) is 0 Å². The standard InChI is InChI=1S/C26H29F3N4O2/c1-32-22-9-18(4-5-20(22)10-23(32)34)15-33-7-6-25(16-33,11-17-2-3-17)24(35)31-13-19-8-21(14-30-12-19)26(27,28)29/h4-5,8-9,12,14,17H,2-3,6-7,10-11,13,15-16H2,1H3,(H,31,35). The first-order chi connectivity index (χ1) is 16.6. The van der Waals surface area contributed by atoms with Crippen molar-refractivity contribution in [2.75, 3.05) is 25.0 Å². The Balaban J connectivity index is 1.26. The molecule has 9 heteroatoms. The Labute approximate surface area is 202 Å². The number of fused-ring (bicyclic) bond motifs is 1. The van der Waals surface area contributed by atoms with Gasteiger partial charge >= 0.3 is 6.18 Å². The summed E-state index contributed by atoms with van der Waals surface area (Å²) >= 11 is 0. The Hall–Kier alpha value is -2.94. The van der Waals surface area contributed by atoms with Crippen molar-refractivity contribution < 1.29 is 22.8 Å². The van der Waals surface area contributed by atoms with E-state index in [1.54, 1.807) is 11.9 Å². The highest BCUT2D eigenvalue weighted by atomic mass is 19.4. The number of aromatic nitrogens is 1. The maximum Gasteiger partial charge on any atom is 0.417 e. The van der Waals surface area contributed by atoms with Crippen molar-refractivity contribution >= 4 is 17.5 Å². The number of nitrogens with one attached hydrogen (secondary N) is 1. The van der Waals surface area contributed by atoms with Gasteiger partial charge in [0.05, 0.1) is 17.4 Å². The Morgan fingerprint density at radius 2 is 2.00 bits per heavy atom. The molecule has 6 nitrogen and oxygen atoms in total. The molecule has 2 aromatic rings. The highest BCUT2D eigenvalue weighted by Crippen LogP contribution is 2.45. The average Bonchev–Trinajstić information content (AvgIpc) is 3.47. The third kappa shape index (κ3) is 5.05. The zero-order chi connectivity index (χ0) is 24.8. The molecule has 1 aromatic heterocycles. The van der Waals surface area contributed by atoms with Gasteiger partial charge in [-0.15, -0.1) is 0 Å². The molecule has 3 heterocycles. The van der Waals surface area contributed by atoms with Crippen LogP contribution in [0, 0.1) is 11.3 Å². The van der Waals surface area contributed by atoms with Gasteiger partial charge in [-0.3, -0.25) is 19.5 Å². The molecular formula is C26H29F3N4O2. The predicted molar refractivity (Wildman–Crippen MR) is 124 cm³/mol. The molecule has 3 aliphatic rings. The quantitative estimate of drug-likeness (QED) is 0.644. The van der Waals surface area contributed by atoms with E-state index in [2.05, 4.69) is 21.3 Å². The van der Waals surface area contributed by atoms with Crippen LogP contribution in [-0.4, -0.2) is 41.8 Å². The second-order valence-electron chi connectivity index (χ2n) is 10.2. The fourth-order valence-corrected chi connectivity index (χ4v) is 5.37. The number of carbonyl (C=O) groups is 2. The molecule has 2 aliphatic heterocycles. The Morgan fingerprint density at radius 3 is 2.74 bits per heavy atom. The number of pyridine rings is 1. The minimum absolute atomic E-state index is 0.0212. The van der Waals surface area contributed by atoms with Gasteiger partial charge in [0, 0.05) is 44.8 Å². The lowest BCUT2D eigenvalue weighted by atomic mass is 9.80. The summed E-state index contributed by atoms with van der Waals surface area (Å²) < 4.78 is 39.0. The minimum atomic E-state index is -4.47. The number of anilines is 1. The third-order valence-electron chi connectivity index (χ3n) is 7.50. The number of hydrogen-bond donors (Lipinski definition) is 1. The normalized spacial score (nSPS) is 22.5. The van der Waals surface area contributed by atoms with Gasteiger partial charge in [-0.2, -0.15) is 13.2 Å². The first-order valence-corrected chi connectivity index (χ1v) is 12.0. The molecule has 5 rings (SSSR count). The van der Waals surface area contributed by atoms with Crippen LogP contribution in [-0.2, 0) is 35.3 Å². The zero-order valence-electron chi connectivity index (χ0n) is 19.7. The first kappa shape index (κ1) is 23.8. The Bertz CT molecular complexity index is 1150. The summed E-state index contributed by atoms with van der Waals surface area (Å²) in [5.41, 5.74) is 2.06. The molecule has 1 aliphatic carbocycles. The molecule has 1 saturated carbocycles. The van der Waals surface area contributed by atoms with Crippen molar-refractivity contribution in [2.45, 2.75) is 51.4 Å². The van der Waals surface area contributed by atoms with Crippen LogP contribution in [0.2, 0.25) is 0 Å². The van der Waals surface area contributed by atoms with Gasteiger partial charge < -0.3 is 10.2 Å². The molecule has 1 N–H and O–H groups in total. The predicted octanol–water partition coefficient (Wildman–Crippen LogP) is 3.93. The van der Waals surface area contributed by atoms with Crippen LogP contribution < -0.4 is 10.2 Å². The molecule has 1 atom stereocenters. The van der Waals surface area contributed by atoms with Gasteiger partial charge in [0.15, 0.2) is 0 Å². The van der Waals surface area contributed by atoms with E-state index in [1.165, 1.54) is 6.20 Å². The van der Waals surface area contributed by atoms with E-state index in [-0.39, 0.29) is 18.4 Å². The molecule has 1 saturated heterocycles. The minimum Gasteiger partial charge on any atom is -0.351 e. The monoisotopic (exact) mass is 486 g/mol. The number of hydrogen-bond acceptors (Lipinski definition) is 4. The lowest BCUT2D eigenvalue weighted by Gasteiger charge is -2.29. The molecular weight excluding hydrogens is 457 g/mol. The highest BCUT2D eigenvalue weighted by molar-refractivity contribution is 6.01. The maximum atomic E-state index is 13.4. The van der Waals surface area contributed by atoms with Crippen LogP contribution in [0.1, 0.15) is 47.9 Å². The first-order valence-electron chi connectivity index (χ1n) is 12.0. The number of alkyl halides is 3. The molecule has 1 unspecified atom stereocenters. The number of rotatable bonds is 7. The van der Waals surface area contributed by atoms with E-state index in [9.17, 15) is 22.8 Å². The Kier molecular flexibility index (Phi) is 6.07. The molecule has 2 amide bonds. The van der Waals surface area contributed by atoms with E-state index in [0.29, 0.717) is 31.0 Å². The highest BCUT2D eigenvalue weighted by Gasteiger charge is 2.47. The molecule has 0 radical (unpaired) electrons. The van der Waals surface area contributed by atoms with Crippen LogP contribution >= 0.6 is 0 Å². The van der Waals surface area contributed by atoms with Gasteiger partial charge in [0.1, 0.15) is 0 Å². The number of likely N-dealkylation sites (N-methyl/N-ethyl adjacent to an activating group) is 1. The van der Waals surface area contributed by atoms with Crippen molar-refractivity contribution in [3.8, 4) is 0 Å². The maximum absolute atomic E-state index is 13.4. The number of amides is 2. The third-order valence-corrected chi connectivity index (χ3v) is 7.50.